The third-order valence-corrected chi connectivity index (χ3v) is 9.73. The van der Waals surface area contributed by atoms with Gasteiger partial charge in [-0.25, -0.2) is 0 Å². The summed E-state index contributed by atoms with van der Waals surface area (Å²) in [5.41, 5.74) is -0.434. The smallest absolute Gasteiger partial charge is 0.306 e. The van der Waals surface area contributed by atoms with E-state index in [0.29, 0.717) is 51.0 Å². The number of aromatic hydroxyl groups is 1. The summed E-state index contributed by atoms with van der Waals surface area (Å²) in [7, 11) is 0. The van der Waals surface area contributed by atoms with Crippen molar-refractivity contribution in [2.45, 2.75) is 168 Å². The predicted octanol–water partition coefficient (Wildman–Crippen LogP) is 6.70. The fourth-order valence-electron chi connectivity index (χ4n) is 6.28. The van der Waals surface area contributed by atoms with Crippen LogP contribution in [0.2, 0.25) is 0 Å². The molecule has 0 spiro atoms. The SMILES string of the molecule is CCCCC[C@H](C)[C@H](O)[C@@H](O)C[C@H](C)CCC[C@@](C)(O)[C@H](O)[C@@H](O)C[C@H](C)CCC[C@H](C)CCOC(=O)CCc1ccc(O)cc1. The summed E-state index contributed by atoms with van der Waals surface area (Å²) in [6.45, 7) is 12.3. The van der Waals surface area contributed by atoms with Gasteiger partial charge in [0.1, 0.15) is 11.9 Å². The number of phenols is 1. The highest BCUT2D eigenvalue weighted by Crippen LogP contribution is 2.28. The average Bonchev–Trinajstić information content (AvgIpc) is 2.99. The maximum Gasteiger partial charge on any atom is 0.306 e. The molecule has 0 fully saturated rings. The van der Waals surface area contributed by atoms with E-state index in [1.165, 1.54) is 0 Å². The molecule has 0 saturated carbocycles. The Morgan fingerprint density at radius 2 is 1.37 bits per heavy atom. The van der Waals surface area contributed by atoms with E-state index in [0.717, 1.165) is 63.4 Å². The van der Waals surface area contributed by atoms with Crippen LogP contribution >= 0.6 is 0 Å². The second-order valence-electron chi connectivity index (χ2n) is 14.7. The lowest BCUT2D eigenvalue weighted by Crippen LogP contribution is -2.47. The Balaban J connectivity index is 2.25. The Hall–Kier alpha value is -1.71. The van der Waals surface area contributed by atoms with Crippen LogP contribution in [0.4, 0.5) is 0 Å². The first-order chi connectivity index (χ1) is 21.7. The van der Waals surface area contributed by atoms with Gasteiger partial charge in [0.2, 0.25) is 0 Å². The number of hydrogen-bond acceptors (Lipinski definition) is 8. The molecule has 1 aromatic carbocycles. The predicted molar refractivity (Wildman–Crippen MR) is 184 cm³/mol. The third-order valence-electron chi connectivity index (χ3n) is 9.73. The van der Waals surface area contributed by atoms with E-state index in [2.05, 4.69) is 20.8 Å². The Bertz CT molecular complexity index is 920. The molecule has 268 valence electrons. The van der Waals surface area contributed by atoms with Crippen LogP contribution in [0.15, 0.2) is 24.3 Å². The van der Waals surface area contributed by atoms with E-state index < -0.39 is 30.0 Å². The van der Waals surface area contributed by atoms with Gasteiger partial charge in [-0.1, -0.05) is 98.1 Å². The number of esters is 1. The average molecular weight is 653 g/mol. The minimum Gasteiger partial charge on any atom is -0.508 e. The summed E-state index contributed by atoms with van der Waals surface area (Å²) in [6.07, 6.45) is 7.62. The van der Waals surface area contributed by atoms with Crippen molar-refractivity contribution in [3.8, 4) is 5.75 Å². The Kier molecular flexibility index (Phi) is 21.0. The fourth-order valence-corrected chi connectivity index (χ4v) is 6.28. The fraction of sp³-hybridized carbons (Fsp3) is 0.816. The minimum atomic E-state index is -1.42. The standard InChI is InChI=1S/C38H68O8/c1-7-8-9-15-30(5)36(43)33(40)25-29(4)14-11-23-38(6,45)37(44)34(41)26-28(3)13-10-12-27(2)22-24-46-35(42)21-18-31-16-19-32(39)20-17-31/h16-17,19-20,27-30,33-34,36-37,39-41,43-45H,7-15,18,21-26H2,1-6H3/t27-,28+,29+,30-,33-,34-,36-,37+,38+/m0/s1. The van der Waals surface area contributed by atoms with Crippen molar-refractivity contribution >= 4 is 5.97 Å². The van der Waals surface area contributed by atoms with Crippen molar-refractivity contribution in [3.05, 3.63) is 29.8 Å². The Morgan fingerprint density at radius 3 is 2.00 bits per heavy atom. The summed E-state index contributed by atoms with van der Waals surface area (Å²) >= 11 is 0. The molecule has 0 unspecified atom stereocenters. The second-order valence-corrected chi connectivity index (χ2v) is 14.7. The van der Waals surface area contributed by atoms with Gasteiger partial charge in [0.05, 0.1) is 30.5 Å². The molecule has 0 aliphatic heterocycles. The van der Waals surface area contributed by atoms with Crippen LogP contribution in [0.3, 0.4) is 0 Å². The van der Waals surface area contributed by atoms with Crippen LogP contribution < -0.4 is 0 Å². The van der Waals surface area contributed by atoms with Gasteiger partial charge in [-0.3, -0.25) is 4.79 Å². The first-order valence-corrected chi connectivity index (χ1v) is 18.0. The number of phenolic OH excluding ortho intramolecular Hbond substituents is 1. The topological polar surface area (TPSA) is 148 Å². The first kappa shape index (κ1) is 42.3. The Morgan fingerprint density at radius 1 is 0.783 bits per heavy atom. The number of benzene rings is 1. The normalized spacial score (nSPS) is 18.5. The van der Waals surface area contributed by atoms with Gasteiger partial charge >= 0.3 is 5.97 Å². The molecule has 0 aromatic heterocycles. The molecule has 1 rings (SSSR count). The van der Waals surface area contributed by atoms with Crippen molar-refractivity contribution in [1.29, 1.82) is 0 Å². The van der Waals surface area contributed by atoms with Gasteiger partial charge in [0.25, 0.3) is 0 Å². The number of unbranched alkanes of at least 4 members (excludes halogenated alkanes) is 2. The molecule has 6 N–H and O–H groups in total. The van der Waals surface area contributed by atoms with Gasteiger partial charge in [-0.15, -0.1) is 0 Å². The highest BCUT2D eigenvalue weighted by molar-refractivity contribution is 5.69. The van der Waals surface area contributed by atoms with Gasteiger partial charge in [-0.2, -0.15) is 0 Å². The summed E-state index contributed by atoms with van der Waals surface area (Å²) in [4.78, 5) is 12.0. The molecule has 0 saturated heterocycles. The number of ether oxygens (including phenoxy) is 1. The quantitative estimate of drug-likeness (QED) is 0.0479. The van der Waals surface area contributed by atoms with Crippen LogP contribution in [0.1, 0.15) is 137 Å². The number of carbonyl (C=O) groups excluding carboxylic acids is 1. The molecular weight excluding hydrogens is 584 g/mol. The maximum absolute atomic E-state index is 12.0. The van der Waals surface area contributed by atoms with Crippen LogP contribution in [0, 0.1) is 23.7 Å². The number of rotatable bonds is 26. The molecule has 8 heteroatoms. The lowest BCUT2D eigenvalue weighted by atomic mass is 9.83. The molecule has 0 bridgehead atoms. The van der Waals surface area contributed by atoms with Crippen LogP contribution in [0.5, 0.6) is 5.75 Å². The molecule has 46 heavy (non-hydrogen) atoms. The monoisotopic (exact) mass is 652 g/mol. The zero-order valence-electron chi connectivity index (χ0n) is 29.7. The minimum absolute atomic E-state index is 0.0584. The third kappa shape index (κ3) is 18.0. The van der Waals surface area contributed by atoms with Gasteiger partial charge in [0, 0.05) is 6.42 Å². The van der Waals surface area contributed by atoms with Gasteiger partial charge < -0.3 is 35.4 Å². The first-order valence-electron chi connectivity index (χ1n) is 18.0. The van der Waals surface area contributed by atoms with Crippen molar-refractivity contribution < 1.29 is 40.2 Å². The van der Waals surface area contributed by atoms with Crippen molar-refractivity contribution in [2.75, 3.05) is 6.61 Å². The van der Waals surface area contributed by atoms with Crippen LogP contribution in [-0.2, 0) is 16.0 Å². The molecule has 0 amide bonds. The highest BCUT2D eigenvalue weighted by atomic mass is 16.5. The van der Waals surface area contributed by atoms with E-state index in [4.69, 9.17) is 4.74 Å². The van der Waals surface area contributed by atoms with Gasteiger partial charge in [0.15, 0.2) is 0 Å². The van der Waals surface area contributed by atoms with Crippen LogP contribution in [-0.4, -0.2) is 73.2 Å². The summed E-state index contributed by atoms with van der Waals surface area (Å²) in [5, 5.41) is 62.8. The summed E-state index contributed by atoms with van der Waals surface area (Å²) in [6, 6.07) is 6.82. The van der Waals surface area contributed by atoms with E-state index in [-0.39, 0.29) is 29.5 Å². The lowest BCUT2D eigenvalue weighted by Gasteiger charge is -2.34. The lowest BCUT2D eigenvalue weighted by molar-refractivity contribution is -0.143. The molecule has 0 aliphatic carbocycles. The number of aryl methyl sites for hydroxylation is 1. The zero-order chi connectivity index (χ0) is 34.7. The Labute approximate surface area is 279 Å². The number of carbonyl (C=O) groups is 1. The molecule has 8 nitrogen and oxygen atoms in total. The number of aliphatic hydroxyl groups is 5. The van der Waals surface area contributed by atoms with Crippen molar-refractivity contribution in [1.82, 2.24) is 0 Å². The molecular formula is C38H68O8. The van der Waals surface area contributed by atoms with Crippen LogP contribution in [0.25, 0.3) is 0 Å². The van der Waals surface area contributed by atoms with Crippen molar-refractivity contribution in [2.24, 2.45) is 23.7 Å². The second kappa shape index (κ2) is 22.8. The van der Waals surface area contributed by atoms with Crippen molar-refractivity contribution in [3.63, 3.8) is 0 Å². The highest BCUT2D eigenvalue weighted by Gasteiger charge is 2.36. The van der Waals surface area contributed by atoms with E-state index >= 15 is 0 Å². The van der Waals surface area contributed by atoms with E-state index in [1.807, 2.05) is 13.8 Å². The van der Waals surface area contributed by atoms with Gasteiger partial charge in [-0.05, 0) is 86.8 Å². The largest absolute Gasteiger partial charge is 0.508 e. The summed E-state index contributed by atoms with van der Waals surface area (Å²) < 4.78 is 5.39. The number of hydrogen-bond donors (Lipinski definition) is 6. The molecule has 0 radical (unpaired) electrons. The molecule has 1 aromatic rings. The zero-order valence-corrected chi connectivity index (χ0v) is 29.7. The summed E-state index contributed by atoms with van der Waals surface area (Å²) in [5.74, 6) is 0.790. The van der Waals surface area contributed by atoms with E-state index in [1.54, 1.807) is 31.2 Å². The molecule has 9 atom stereocenters. The number of aliphatic hydroxyl groups excluding tert-OH is 4. The molecule has 0 heterocycles. The maximum atomic E-state index is 12.0. The molecule has 0 aliphatic rings. The van der Waals surface area contributed by atoms with E-state index in [9.17, 15) is 35.4 Å².